The molecular weight excluding hydrogens is 316 g/mol. The van der Waals surface area contributed by atoms with Crippen LogP contribution >= 0.6 is 0 Å². The number of nitrogens with zero attached hydrogens (tertiary/aromatic N) is 1. The quantitative estimate of drug-likeness (QED) is 0.588. The fraction of sp³-hybridized carbons (Fsp3) is 0.300. The van der Waals surface area contributed by atoms with Crippen molar-refractivity contribution in [2.24, 2.45) is 5.10 Å². The highest BCUT2D eigenvalue weighted by Crippen LogP contribution is 2.17. The summed E-state index contributed by atoms with van der Waals surface area (Å²) in [5.74, 6) is 1.55. The van der Waals surface area contributed by atoms with Gasteiger partial charge >= 0.3 is 0 Å². The van der Waals surface area contributed by atoms with Gasteiger partial charge in [0.25, 0.3) is 5.91 Å². The van der Waals surface area contributed by atoms with Crippen LogP contribution in [0.4, 0.5) is 0 Å². The lowest BCUT2D eigenvalue weighted by Gasteiger charge is -2.07. The molecule has 2 rings (SSSR count). The summed E-state index contributed by atoms with van der Waals surface area (Å²) in [4.78, 5) is 11.7. The third-order valence-electron chi connectivity index (χ3n) is 3.51. The minimum absolute atomic E-state index is 0.0996. The summed E-state index contributed by atoms with van der Waals surface area (Å²) in [6, 6.07) is 15.2. The average Bonchev–Trinajstić information content (AvgIpc) is 2.62. The number of hydrogen-bond donors (Lipinski definition) is 1. The smallest absolute Gasteiger partial charge is 0.277 e. The van der Waals surface area contributed by atoms with E-state index in [4.69, 9.17) is 9.47 Å². The highest BCUT2D eigenvalue weighted by Gasteiger charge is 2.02. The first-order chi connectivity index (χ1) is 12.1. The van der Waals surface area contributed by atoms with Crippen LogP contribution in [0.2, 0.25) is 0 Å². The molecule has 0 heterocycles. The number of benzene rings is 2. The fourth-order valence-electron chi connectivity index (χ4n) is 2.13. The van der Waals surface area contributed by atoms with Crippen LogP contribution in [-0.2, 0) is 4.79 Å². The van der Waals surface area contributed by atoms with E-state index in [9.17, 15) is 4.79 Å². The summed E-state index contributed by atoms with van der Waals surface area (Å²) in [5, 5.41) is 3.94. The van der Waals surface area contributed by atoms with Gasteiger partial charge in [-0.05, 0) is 48.2 Å². The molecule has 0 atom stereocenters. The summed E-state index contributed by atoms with van der Waals surface area (Å²) in [6.45, 7) is 6.73. The van der Waals surface area contributed by atoms with Gasteiger partial charge in [-0.15, -0.1) is 0 Å². The van der Waals surface area contributed by atoms with Crippen LogP contribution in [0.5, 0.6) is 11.5 Å². The van der Waals surface area contributed by atoms with E-state index in [0.29, 0.717) is 18.3 Å². The molecule has 0 bridgehead atoms. The van der Waals surface area contributed by atoms with Crippen LogP contribution in [0.3, 0.4) is 0 Å². The van der Waals surface area contributed by atoms with Crippen LogP contribution in [0.1, 0.15) is 37.8 Å². The number of hydrazone groups is 1. The van der Waals surface area contributed by atoms with E-state index >= 15 is 0 Å². The standard InChI is InChI=1S/C20H24N2O3/c1-4-24-18-9-11-19(12-10-18)25-14-20(23)22-21-13-16-5-7-17(8-6-16)15(2)3/h5-13,15H,4,14H2,1-3H3,(H,22,23)/b21-13-. The highest BCUT2D eigenvalue weighted by atomic mass is 16.5. The van der Waals surface area contributed by atoms with Crippen molar-refractivity contribution in [3.8, 4) is 11.5 Å². The van der Waals surface area contributed by atoms with Gasteiger partial charge in [-0.3, -0.25) is 4.79 Å². The number of nitrogens with one attached hydrogen (secondary N) is 1. The monoisotopic (exact) mass is 340 g/mol. The van der Waals surface area contributed by atoms with Crippen LogP contribution in [0.15, 0.2) is 53.6 Å². The normalized spacial score (nSPS) is 10.9. The fourth-order valence-corrected chi connectivity index (χ4v) is 2.13. The molecule has 0 saturated heterocycles. The molecule has 0 radical (unpaired) electrons. The van der Waals surface area contributed by atoms with Gasteiger partial charge in [-0.2, -0.15) is 5.10 Å². The summed E-state index contributed by atoms with van der Waals surface area (Å²) >= 11 is 0. The topological polar surface area (TPSA) is 59.9 Å². The zero-order chi connectivity index (χ0) is 18.1. The zero-order valence-corrected chi connectivity index (χ0v) is 14.9. The molecule has 0 aliphatic carbocycles. The third kappa shape index (κ3) is 6.30. The molecule has 1 N–H and O–H groups in total. The van der Waals surface area contributed by atoms with Crippen LogP contribution in [0, 0.1) is 0 Å². The Balaban J connectivity index is 1.76. The molecular formula is C20H24N2O3. The Morgan fingerprint density at radius 3 is 2.20 bits per heavy atom. The molecule has 5 heteroatoms. The SMILES string of the molecule is CCOc1ccc(OCC(=O)N/N=C\c2ccc(C(C)C)cc2)cc1. The molecule has 0 spiro atoms. The first-order valence-electron chi connectivity index (χ1n) is 8.36. The van der Waals surface area contributed by atoms with Gasteiger partial charge in [0.15, 0.2) is 6.61 Å². The second kappa shape index (κ2) is 9.47. The Morgan fingerprint density at radius 2 is 1.64 bits per heavy atom. The van der Waals surface area contributed by atoms with Crippen molar-refractivity contribution in [1.29, 1.82) is 0 Å². The molecule has 132 valence electrons. The molecule has 0 saturated carbocycles. The number of ether oxygens (including phenoxy) is 2. The van der Waals surface area contributed by atoms with Gasteiger partial charge < -0.3 is 9.47 Å². The van der Waals surface area contributed by atoms with Gasteiger partial charge in [0.2, 0.25) is 0 Å². The molecule has 0 aromatic heterocycles. The van der Waals surface area contributed by atoms with E-state index in [2.05, 4.69) is 36.5 Å². The van der Waals surface area contributed by atoms with E-state index in [0.717, 1.165) is 11.3 Å². The minimum atomic E-state index is -0.316. The second-order valence-corrected chi connectivity index (χ2v) is 5.81. The van der Waals surface area contributed by atoms with E-state index in [1.165, 1.54) is 5.56 Å². The molecule has 25 heavy (non-hydrogen) atoms. The summed E-state index contributed by atoms with van der Waals surface area (Å²) in [7, 11) is 0. The lowest BCUT2D eigenvalue weighted by molar-refractivity contribution is -0.123. The number of amides is 1. The van der Waals surface area contributed by atoms with Crippen molar-refractivity contribution in [2.45, 2.75) is 26.7 Å². The maximum absolute atomic E-state index is 11.7. The first-order valence-corrected chi connectivity index (χ1v) is 8.36. The van der Waals surface area contributed by atoms with Crippen LogP contribution < -0.4 is 14.9 Å². The van der Waals surface area contributed by atoms with Crippen LogP contribution in [0.25, 0.3) is 0 Å². The van der Waals surface area contributed by atoms with E-state index < -0.39 is 0 Å². The first kappa shape index (κ1) is 18.5. The number of hydrogen-bond acceptors (Lipinski definition) is 4. The van der Waals surface area contributed by atoms with Crippen molar-refractivity contribution >= 4 is 12.1 Å². The number of carbonyl (C=O) groups excluding carboxylic acids is 1. The molecule has 0 aliphatic heterocycles. The largest absolute Gasteiger partial charge is 0.494 e. The minimum Gasteiger partial charge on any atom is -0.494 e. The molecule has 1 amide bonds. The van der Waals surface area contributed by atoms with Gasteiger partial charge in [0, 0.05) is 0 Å². The van der Waals surface area contributed by atoms with Crippen molar-refractivity contribution in [3.63, 3.8) is 0 Å². The predicted octanol–water partition coefficient (Wildman–Crippen LogP) is 3.74. The molecule has 0 unspecified atom stereocenters. The Bertz CT molecular complexity index is 692. The molecule has 5 nitrogen and oxygen atoms in total. The Morgan fingerprint density at radius 1 is 1.04 bits per heavy atom. The zero-order valence-electron chi connectivity index (χ0n) is 14.9. The van der Waals surface area contributed by atoms with Gasteiger partial charge in [0.1, 0.15) is 11.5 Å². The maximum Gasteiger partial charge on any atom is 0.277 e. The van der Waals surface area contributed by atoms with Crippen LogP contribution in [-0.4, -0.2) is 25.3 Å². The van der Waals surface area contributed by atoms with Crippen molar-refractivity contribution in [3.05, 3.63) is 59.7 Å². The maximum atomic E-state index is 11.7. The van der Waals surface area contributed by atoms with E-state index in [1.807, 2.05) is 19.1 Å². The van der Waals surface area contributed by atoms with Gasteiger partial charge in [-0.25, -0.2) is 5.43 Å². The lowest BCUT2D eigenvalue weighted by Crippen LogP contribution is -2.24. The molecule has 2 aromatic rings. The third-order valence-corrected chi connectivity index (χ3v) is 3.51. The van der Waals surface area contributed by atoms with Gasteiger partial charge in [-0.1, -0.05) is 38.1 Å². The summed E-state index contributed by atoms with van der Waals surface area (Å²) < 4.78 is 10.8. The Hall–Kier alpha value is -2.82. The molecule has 0 aliphatic rings. The number of carbonyl (C=O) groups is 1. The highest BCUT2D eigenvalue weighted by molar-refractivity contribution is 5.82. The predicted molar refractivity (Wildman–Crippen MR) is 99.4 cm³/mol. The number of rotatable bonds is 8. The summed E-state index contributed by atoms with van der Waals surface area (Å²) in [6.07, 6.45) is 1.61. The van der Waals surface area contributed by atoms with E-state index in [1.54, 1.807) is 30.5 Å². The summed E-state index contributed by atoms with van der Waals surface area (Å²) in [5.41, 5.74) is 4.65. The molecule has 2 aromatic carbocycles. The second-order valence-electron chi connectivity index (χ2n) is 5.81. The average molecular weight is 340 g/mol. The Labute approximate surface area is 148 Å². The lowest BCUT2D eigenvalue weighted by atomic mass is 10.0. The van der Waals surface area contributed by atoms with Gasteiger partial charge in [0.05, 0.1) is 12.8 Å². The van der Waals surface area contributed by atoms with Crippen molar-refractivity contribution < 1.29 is 14.3 Å². The Kier molecular flexibility index (Phi) is 7.01. The van der Waals surface area contributed by atoms with Crippen molar-refractivity contribution in [1.82, 2.24) is 5.43 Å². The van der Waals surface area contributed by atoms with Crippen molar-refractivity contribution in [2.75, 3.05) is 13.2 Å². The molecule has 0 fully saturated rings. The van der Waals surface area contributed by atoms with E-state index in [-0.39, 0.29) is 12.5 Å².